The molecule has 0 fully saturated rings. The summed E-state index contributed by atoms with van der Waals surface area (Å²) in [6, 6.07) is 0. The number of hydrogen-bond donors (Lipinski definition) is 0. The molecule has 0 aromatic rings. The average Bonchev–Trinajstić information content (AvgIpc) is 2.67. The Bertz CT molecular complexity index is 393. The van der Waals surface area contributed by atoms with Crippen LogP contribution in [-0.4, -0.2) is 20.8 Å². The molecule has 0 aromatic heterocycles. The summed E-state index contributed by atoms with van der Waals surface area (Å²) < 4.78 is 28.8. The van der Waals surface area contributed by atoms with Crippen LogP contribution in [0.1, 0.15) is 142 Å². The van der Waals surface area contributed by atoms with E-state index in [4.69, 9.17) is 4.18 Å². The second-order valence-corrected chi connectivity index (χ2v) is 10.2. The van der Waals surface area contributed by atoms with Crippen LogP contribution in [0.3, 0.4) is 0 Å². The Balaban J connectivity index is 3.27. The summed E-state index contributed by atoms with van der Waals surface area (Å²) in [7, 11) is -3.29. The second kappa shape index (κ2) is 21.6. The molecule has 0 unspecified atom stereocenters. The normalized spacial score (nSPS) is 11.9. The molecule has 0 aliphatic heterocycles. The van der Waals surface area contributed by atoms with Crippen molar-refractivity contribution in [1.82, 2.24) is 0 Å². The van der Waals surface area contributed by atoms with Gasteiger partial charge in [0, 0.05) is 0 Å². The van der Waals surface area contributed by atoms with Crippen LogP contribution in [0.2, 0.25) is 0 Å². The van der Waals surface area contributed by atoms with Crippen molar-refractivity contribution in [3.8, 4) is 0 Å². The maximum atomic E-state index is 11.8. The molecule has 28 heavy (non-hydrogen) atoms. The Morgan fingerprint density at radius 1 is 0.464 bits per heavy atom. The highest BCUT2D eigenvalue weighted by atomic mass is 32.2. The largest absolute Gasteiger partial charge is 0.270 e. The third-order valence-corrected chi connectivity index (χ3v) is 6.82. The van der Waals surface area contributed by atoms with Gasteiger partial charge in [0.2, 0.25) is 0 Å². The highest BCUT2D eigenvalue weighted by molar-refractivity contribution is 7.86. The molecular formula is C24H50O3S. The molecular weight excluding hydrogens is 368 g/mol. The van der Waals surface area contributed by atoms with Gasteiger partial charge in [-0.25, -0.2) is 0 Å². The molecule has 0 radical (unpaired) electrons. The van der Waals surface area contributed by atoms with Gasteiger partial charge >= 0.3 is 0 Å². The van der Waals surface area contributed by atoms with Crippen molar-refractivity contribution in [3.05, 3.63) is 0 Å². The summed E-state index contributed by atoms with van der Waals surface area (Å²) in [5.74, 6) is 0.192. The van der Waals surface area contributed by atoms with E-state index < -0.39 is 10.1 Å². The van der Waals surface area contributed by atoms with Gasteiger partial charge in [0.05, 0.1) is 12.4 Å². The lowest BCUT2D eigenvalue weighted by molar-refractivity contribution is 0.305. The predicted octanol–water partition coefficient (Wildman–Crippen LogP) is 8.17. The molecule has 0 atom stereocenters. The molecule has 0 aliphatic rings. The zero-order valence-corrected chi connectivity index (χ0v) is 20.0. The van der Waals surface area contributed by atoms with E-state index in [-0.39, 0.29) is 5.75 Å². The Morgan fingerprint density at radius 2 is 0.786 bits per heavy atom. The van der Waals surface area contributed by atoms with E-state index in [1.165, 1.54) is 96.3 Å². The minimum absolute atomic E-state index is 0.192. The fourth-order valence-corrected chi connectivity index (χ4v) is 4.65. The lowest BCUT2D eigenvalue weighted by Crippen LogP contribution is -2.11. The van der Waals surface area contributed by atoms with E-state index >= 15 is 0 Å². The SMILES string of the molecule is CCCCCCCCCCCCCCCCOS(=O)(=O)CCCCCCCC. The fourth-order valence-electron chi connectivity index (χ4n) is 3.60. The molecule has 0 aromatic carbocycles. The van der Waals surface area contributed by atoms with Gasteiger partial charge in [0.25, 0.3) is 10.1 Å². The third kappa shape index (κ3) is 22.2. The zero-order valence-electron chi connectivity index (χ0n) is 19.2. The lowest BCUT2D eigenvalue weighted by atomic mass is 10.0. The van der Waals surface area contributed by atoms with Gasteiger partial charge in [-0.15, -0.1) is 0 Å². The molecule has 0 heterocycles. The van der Waals surface area contributed by atoms with Crippen LogP contribution in [-0.2, 0) is 14.3 Å². The van der Waals surface area contributed by atoms with Crippen molar-refractivity contribution in [1.29, 1.82) is 0 Å². The maximum Gasteiger partial charge on any atom is 0.267 e. The molecule has 0 saturated carbocycles. The molecule has 0 N–H and O–H groups in total. The Kier molecular flexibility index (Phi) is 21.5. The van der Waals surface area contributed by atoms with Crippen LogP contribution in [0.15, 0.2) is 0 Å². The van der Waals surface area contributed by atoms with Crippen LogP contribution >= 0.6 is 0 Å². The summed E-state index contributed by atoms with van der Waals surface area (Å²) in [5.41, 5.74) is 0. The monoisotopic (exact) mass is 418 g/mol. The average molecular weight is 419 g/mol. The van der Waals surface area contributed by atoms with E-state index in [9.17, 15) is 8.42 Å². The van der Waals surface area contributed by atoms with Crippen molar-refractivity contribution in [2.45, 2.75) is 142 Å². The Morgan fingerprint density at radius 3 is 1.18 bits per heavy atom. The molecule has 4 heteroatoms. The predicted molar refractivity (Wildman–Crippen MR) is 123 cm³/mol. The van der Waals surface area contributed by atoms with Crippen molar-refractivity contribution in [3.63, 3.8) is 0 Å². The van der Waals surface area contributed by atoms with Crippen LogP contribution in [0.4, 0.5) is 0 Å². The van der Waals surface area contributed by atoms with Gasteiger partial charge in [-0.2, -0.15) is 8.42 Å². The second-order valence-electron chi connectivity index (χ2n) is 8.45. The molecule has 3 nitrogen and oxygen atoms in total. The minimum atomic E-state index is -3.29. The first-order valence-electron chi connectivity index (χ1n) is 12.5. The summed E-state index contributed by atoms with van der Waals surface area (Å²) in [4.78, 5) is 0. The molecule has 0 aliphatic carbocycles. The van der Waals surface area contributed by atoms with E-state index in [2.05, 4.69) is 13.8 Å². The van der Waals surface area contributed by atoms with E-state index in [1.54, 1.807) is 0 Å². The first-order chi connectivity index (χ1) is 13.6. The maximum absolute atomic E-state index is 11.8. The Hall–Kier alpha value is -0.0900. The molecule has 0 bridgehead atoms. The first kappa shape index (κ1) is 27.9. The van der Waals surface area contributed by atoms with E-state index in [0.29, 0.717) is 6.61 Å². The molecule has 0 saturated heterocycles. The van der Waals surface area contributed by atoms with Crippen LogP contribution in [0.25, 0.3) is 0 Å². The molecule has 170 valence electrons. The van der Waals surface area contributed by atoms with Gasteiger partial charge in [-0.05, 0) is 12.8 Å². The van der Waals surface area contributed by atoms with Gasteiger partial charge in [0.15, 0.2) is 0 Å². The summed E-state index contributed by atoms with van der Waals surface area (Å²) in [6.45, 7) is 4.83. The molecule has 0 spiro atoms. The van der Waals surface area contributed by atoms with Crippen molar-refractivity contribution >= 4 is 10.1 Å². The number of rotatable bonds is 23. The third-order valence-electron chi connectivity index (χ3n) is 5.51. The van der Waals surface area contributed by atoms with Crippen molar-refractivity contribution in [2.24, 2.45) is 0 Å². The topological polar surface area (TPSA) is 43.4 Å². The zero-order chi connectivity index (χ0) is 20.8. The Labute approximate surface area is 177 Å². The minimum Gasteiger partial charge on any atom is -0.270 e. The summed E-state index contributed by atoms with van der Waals surface area (Å²) in [6.07, 6.45) is 24.9. The summed E-state index contributed by atoms with van der Waals surface area (Å²) >= 11 is 0. The van der Waals surface area contributed by atoms with Gasteiger partial charge in [0.1, 0.15) is 0 Å². The van der Waals surface area contributed by atoms with Crippen molar-refractivity contribution in [2.75, 3.05) is 12.4 Å². The van der Waals surface area contributed by atoms with Crippen LogP contribution < -0.4 is 0 Å². The van der Waals surface area contributed by atoms with Crippen molar-refractivity contribution < 1.29 is 12.6 Å². The van der Waals surface area contributed by atoms with E-state index in [0.717, 1.165) is 32.1 Å². The smallest absolute Gasteiger partial charge is 0.267 e. The lowest BCUT2D eigenvalue weighted by Gasteiger charge is -2.06. The van der Waals surface area contributed by atoms with E-state index in [1.807, 2.05) is 0 Å². The van der Waals surface area contributed by atoms with Crippen LogP contribution in [0.5, 0.6) is 0 Å². The first-order valence-corrected chi connectivity index (χ1v) is 14.1. The fraction of sp³-hybridized carbons (Fsp3) is 1.00. The summed E-state index contributed by atoms with van der Waals surface area (Å²) in [5, 5.41) is 0. The number of unbranched alkanes of at least 4 members (excludes halogenated alkanes) is 18. The highest BCUT2D eigenvalue weighted by Gasteiger charge is 2.10. The number of hydrogen-bond acceptors (Lipinski definition) is 3. The van der Waals surface area contributed by atoms with Crippen LogP contribution in [0, 0.1) is 0 Å². The molecule has 0 rings (SSSR count). The standard InChI is InChI=1S/C24H50O3S/c1-3-5-7-9-11-12-13-14-15-16-17-18-19-21-23-27-28(25,26)24-22-20-10-8-6-4-2/h3-24H2,1-2H3. The quantitative estimate of drug-likeness (QED) is 0.124. The van der Waals surface area contributed by atoms with Gasteiger partial charge in [-0.3, -0.25) is 4.18 Å². The highest BCUT2D eigenvalue weighted by Crippen LogP contribution is 2.13. The van der Waals surface area contributed by atoms with Gasteiger partial charge in [-0.1, -0.05) is 129 Å². The van der Waals surface area contributed by atoms with Gasteiger partial charge < -0.3 is 0 Å². The molecule has 0 amide bonds.